The van der Waals surface area contributed by atoms with Crippen molar-refractivity contribution < 1.29 is 0 Å². The van der Waals surface area contributed by atoms with Gasteiger partial charge in [-0.2, -0.15) is 4.52 Å². The fourth-order valence-corrected chi connectivity index (χ4v) is 3.86. The Bertz CT molecular complexity index is 928. The van der Waals surface area contributed by atoms with Crippen LogP contribution in [0.25, 0.3) is 5.65 Å². The van der Waals surface area contributed by atoms with E-state index in [4.69, 9.17) is 5.10 Å². The third-order valence-corrected chi connectivity index (χ3v) is 5.50. The fourth-order valence-electron chi connectivity index (χ4n) is 3.86. The highest BCUT2D eigenvalue weighted by Crippen LogP contribution is 2.38. The molecule has 146 valence electrons. The molecule has 0 aromatic carbocycles. The summed E-state index contributed by atoms with van der Waals surface area (Å²) < 4.78 is 1.90. The first kappa shape index (κ1) is 17.4. The van der Waals surface area contributed by atoms with E-state index in [1.807, 2.05) is 28.9 Å². The van der Waals surface area contributed by atoms with Crippen molar-refractivity contribution in [3.8, 4) is 0 Å². The summed E-state index contributed by atoms with van der Waals surface area (Å²) in [5.41, 5.74) is 0.825. The summed E-state index contributed by atoms with van der Waals surface area (Å²) in [6.45, 7) is 7.33. The van der Waals surface area contributed by atoms with Crippen LogP contribution in [0.2, 0.25) is 0 Å². The van der Waals surface area contributed by atoms with Crippen molar-refractivity contribution in [3.05, 3.63) is 42.4 Å². The lowest BCUT2D eigenvalue weighted by Gasteiger charge is -2.36. The van der Waals surface area contributed by atoms with E-state index in [0.29, 0.717) is 12.0 Å². The maximum absolute atomic E-state index is 4.73. The van der Waals surface area contributed by atoms with Crippen LogP contribution in [0.3, 0.4) is 0 Å². The smallest absolute Gasteiger partial charge is 0.178 e. The molecule has 1 saturated carbocycles. The molecule has 2 fully saturated rings. The molecule has 1 aliphatic heterocycles. The van der Waals surface area contributed by atoms with Crippen LogP contribution in [0, 0.1) is 0 Å². The molecule has 4 heterocycles. The average molecular weight is 378 g/mol. The number of hydrogen-bond acceptors (Lipinski definition) is 7. The van der Waals surface area contributed by atoms with Gasteiger partial charge in [-0.3, -0.25) is 4.90 Å². The van der Waals surface area contributed by atoms with Crippen molar-refractivity contribution in [1.82, 2.24) is 29.7 Å². The Balaban J connectivity index is 1.17. The summed E-state index contributed by atoms with van der Waals surface area (Å²) in [6.07, 6.45) is 4.25. The van der Waals surface area contributed by atoms with Gasteiger partial charge in [-0.25, -0.2) is 4.98 Å². The minimum Gasteiger partial charge on any atom is -0.365 e. The van der Waals surface area contributed by atoms with Gasteiger partial charge in [0.05, 0.1) is 0 Å². The number of hydrogen-bond donors (Lipinski definition) is 1. The summed E-state index contributed by atoms with van der Waals surface area (Å²) in [4.78, 5) is 9.32. The Morgan fingerprint density at radius 2 is 1.93 bits per heavy atom. The number of nitrogens with one attached hydrogen (secondary N) is 1. The van der Waals surface area contributed by atoms with Crippen LogP contribution in [0.4, 0.5) is 11.6 Å². The van der Waals surface area contributed by atoms with E-state index in [0.717, 1.165) is 55.8 Å². The zero-order valence-electron chi connectivity index (χ0n) is 16.2. The lowest BCUT2D eigenvalue weighted by Crippen LogP contribution is -2.49. The van der Waals surface area contributed by atoms with Crippen LogP contribution < -0.4 is 10.2 Å². The molecule has 1 aliphatic carbocycles. The summed E-state index contributed by atoms with van der Waals surface area (Å²) in [6, 6.07) is 10.4. The minimum atomic E-state index is 0.312. The summed E-state index contributed by atoms with van der Waals surface area (Å²) >= 11 is 0. The van der Waals surface area contributed by atoms with Crippen molar-refractivity contribution in [2.45, 2.75) is 31.7 Å². The Labute approximate surface area is 164 Å². The normalized spacial score (nSPS) is 19.1. The number of fused-ring (bicyclic) bond motifs is 1. The molecule has 1 atom stereocenters. The van der Waals surface area contributed by atoms with Crippen LogP contribution in [0.1, 0.15) is 31.5 Å². The van der Waals surface area contributed by atoms with Crippen molar-refractivity contribution >= 4 is 17.3 Å². The van der Waals surface area contributed by atoms with Crippen LogP contribution in [0.5, 0.6) is 0 Å². The number of aromatic nitrogens is 5. The van der Waals surface area contributed by atoms with Crippen LogP contribution in [0.15, 0.2) is 36.5 Å². The predicted molar refractivity (Wildman–Crippen MR) is 109 cm³/mol. The monoisotopic (exact) mass is 378 g/mol. The van der Waals surface area contributed by atoms with Gasteiger partial charge in [0.15, 0.2) is 11.5 Å². The number of pyridine rings is 1. The third-order valence-electron chi connectivity index (χ3n) is 5.50. The molecule has 0 bridgehead atoms. The van der Waals surface area contributed by atoms with Gasteiger partial charge in [0, 0.05) is 50.9 Å². The number of piperazine rings is 1. The Morgan fingerprint density at radius 3 is 2.68 bits per heavy atom. The zero-order chi connectivity index (χ0) is 18.9. The van der Waals surface area contributed by atoms with Gasteiger partial charge >= 0.3 is 0 Å². The average Bonchev–Trinajstić information content (AvgIpc) is 3.48. The first-order valence-corrected chi connectivity index (χ1v) is 10.1. The van der Waals surface area contributed by atoms with Crippen molar-refractivity contribution in [3.63, 3.8) is 0 Å². The molecule has 0 spiro atoms. The van der Waals surface area contributed by atoms with E-state index in [1.54, 1.807) is 0 Å². The molecule has 1 N–H and O–H groups in total. The SMILES string of the molecule is CC(CN1CCN(c2ccccn2)CC1)Nc1ccc2nnc(C3CC3)n2n1. The first-order valence-electron chi connectivity index (χ1n) is 10.1. The maximum Gasteiger partial charge on any atom is 0.178 e. The predicted octanol–water partition coefficient (Wildman–Crippen LogP) is 2.02. The van der Waals surface area contributed by atoms with Gasteiger partial charge in [0.2, 0.25) is 0 Å². The number of nitrogens with zero attached hydrogens (tertiary/aromatic N) is 7. The molecule has 8 nitrogen and oxygen atoms in total. The quantitative estimate of drug-likeness (QED) is 0.703. The second-order valence-electron chi connectivity index (χ2n) is 7.84. The molecule has 0 amide bonds. The molecular weight excluding hydrogens is 352 g/mol. The molecule has 28 heavy (non-hydrogen) atoms. The Hall–Kier alpha value is -2.74. The Morgan fingerprint density at radius 1 is 1.07 bits per heavy atom. The minimum absolute atomic E-state index is 0.312. The highest BCUT2D eigenvalue weighted by molar-refractivity contribution is 5.45. The van der Waals surface area contributed by atoms with E-state index < -0.39 is 0 Å². The second-order valence-corrected chi connectivity index (χ2v) is 7.84. The molecule has 0 radical (unpaired) electrons. The Kier molecular flexibility index (Phi) is 4.56. The van der Waals surface area contributed by atoms with Crippen molar-refractivity contribution in [2.75, 3.05) is 42.9 Å². The summed E-state index contributed by atoms with van der Waals surface area (Å²) in [7, 11) is 0. The van der Waals surface area contributed by atoms with Gasteiger partial charge in [-0.1, -0.05) is 6.07 Å². The summed E-state index contributed by atoms with van der Waals surface area (Å²) in [5.74, 6) is 3.49. The highest BCUT2D eigenvalue weighted by Gasteiger charge is 2.29. The van der Waals surface area contributed by atoms with Crippen LogP contribution in [-0.2, 0) is 0 Å². The lowest BCUT2D eigenvalue weighted by molar-refractivity contribution is 0.250. The van der Waals surface area contributed by atoms with Crippen LogP contribution >= 0.6 is 0 Å². The maximum atomic E-state index is 4.73. The van der Waals surface area contributed by atoms with Crippen LogP contribution in [-0.4, -0.2) is 68.5 Å². The summed E-state index contributed by atoms with van der Waals surface area (Å²) in [5, 5.41) is 16.8. The van der Waals surface area contributed by atoms with Gasteiger partial charge in [0.1, 0.15) is 11.6 Å². The van der Waals surface area contributed by atoms with Gasteiger partial charge in [0.25, 0.3) is 0 Å². The van der Waals surface area contributed by atoms with E-state index in [2.05, 4.69) is 49.4 Å². The van der Waals surface area contributed by atoms with Gasteiger partial charge in [-0.15, -0.1) is 15.3 Å². The van der Waals surface area contributed by atoms with Gasteiger partial charge < -0.3 is 10.2 Å². The van der Waals surface area contributed by atoms with E-state index in [-0.39, 0.29) is 0 Å². The van der Waals surface area contributed by atoms with Crippen molar-refractivity contribution in [2.24, 2.45) is 0 Å². The van der Waals surface area contributed by atoms with E-state index in [1.165, 1.54) is 12.8 Å². The number of rotatable bonds is 6. The highest BCUT2D eigenvalue weighted by atomic mass is 15.4. The van der Waals surface area contributed by atoms with E-state index in [9.17, 15) is 0 Å². The molecule has 1 unspecified atom stereocenters. The van der Waals surface area contributed by atoms with E-state index >= 15 is 0 Å². The molecule has 3 aromatic rings. The molecule has 2 aliphatic rings. The number of anilines is 2. The molecular formula is C20H26N8. The molecule has 1 saturated heterocycles. The molecule has 8 heteroatoms. The standard InChI is InChI=1S/C20H26N8/c1-15(14-26-10-12-27(13-11-26)18-4-2-3-9-21-18)22-17-7-8-19-23-24-20(16-5-6-16)28(19)25-17/h2-4,7-9,15-16H,5-6,10-14H2,1H3,(H,22,25). The zero-order valence-corrected chi connectivity index (χ0v) is 16.2. The lowest BCUT2D eigenvalue weighted by atomic mass is 10.2. The molecule has 5 rings (SSSR count). The largest absolute Gasteiger partial charge is 0.365 e. The molecule has 3 aromatic heterocycles. The second kappa shape index (κ2) is 7.35. The topological polar surface area (TPSA) is 74.5 Å². The van der Waals surface area contributed by atoms with Crippen molar-refractivity contribution in [1.29, 1.82) is 0 Å². The van der Waals surface area contributed by atoms with Gasteiger partial charge in [-0.05, 0) is 44.0 Å². The third kappa shape index (κ3) is 3.64. The fraction of sp³-hybridized carbons (Fsp3) is 0.500. The first-order chi connectivity index (χ1) is 13.8.